The third-order valence-corrected chi connectivity index (χ3v) is 5.21. The highest BCUT2D eigenvalue weighted by Crippen LogP contribution is 2.27. The van der Waals surface area contributed by atoms with Crippen LogP contribution in [-0.4, -0.2) is 49.0 Å². The van der Waals surface area contributed by atoms with Crippen molar-refractivity contribution < 1.29 is 27.4 Å². The summed E-state index contributed by atoms with van der Waals surface area (Å²) in [6.07, 6.45) is -7.05. The van der Waals surface area contributed by atoms with Gasteiger partial charge < -0.3 is 9.47 Å². The predicted octanol–water partition coefficient (Wildman–Crippen LogP) is 6.44. The topological polar surface area (TPSA) is 50.8 Å². The number of carbonyl (C=O) groups is 1. The molecule has 1 amide bonds. The second-order valence-electron chi connectivity index (χ2n) is 7.16. The second kappa shape index (κ2) is 11.8. The van der Waals surface area contributed by atoms with Gasteiger partial charge in [0.15, 0.2) is 0 Å². The smallest absolute Gasteiger partial charge is 0.426 e. The zero-order valence-corrected chi connectivity index (χ0v) is 19.1. The van der Waals surface area contributed by atoms with E-state index in [2.05, 4.69) is 5.32 Å². The fourth-order valence-electron chi connectivity index (χ4n) is 3.23. The number of hydrogen-bond donors (Lipinski definition) is 1. The number of amides is 1. The normalized spacial score (nSPS) is 17.7. The average Bonchev–Trinajstić information content (AvgIpc) is 2.71. The summed E-state index contributed by atoms with van der Waals surface area (Å²) in [6, 6.07) is 12.7. The van der Waals surface area contributed by atoms with Crippen LogP contribution in [0.5, 0.6) is 5.75 Å². The molecule has 5 nitrogen and oxygen atoms in total. The van der Waals surface area contributed by atoms with Crippen molar-refractivity contribution in [3.05, 3.63) is 58.6 Å². The molecule has 0 spiro atoms. The van der Waals surface area contributed by atoms with E-state index in [0.29, 0.717) is 35.2 Å². The summed E-state index contributed by atoms with van der Waals surface area (Å²) in [5, 5.41) is 3.29. The number of nitrogens with zero attached hydrogens (tertiary/aromatic N) is 1. The van der Waals surface area contributed by atoms with Gasteiger partial charge in [-0.3, -0.25) is 10.2 Å². The van der Waals surface area contributed by atoms with Crippen LogP contribution in [0.15, 0.2) is 48.5 Å². The Bertz CT molecular complexity index is 867. The van der Waals surface area contributed by atoms with E-state index in [1.807, 2.05) is 0 Å². The minimum Gasteiger partial charge on any atom is -0.489 e. The van der Waals surface area contributed by atoms with Crippen molar-refractivity contribution >= 4 is 47.4 Å². The molecule has 1 N–H and O–H groups in total. The van der Waals surface area contributed by atoms with Crippen molar-refractivity contribution in [1.82, 2.24) is 4.90 Å². The lowest BCUT2D eigenvalue weighted by molar-refractivity contribution is -0.207. The molecule has 32 heavy (non-hydrogen) atoms. The zero-order valence-electron chi connectivity index (χ0n) is 16.8. The summed E-state index contributed by atoms with van der Waals surface area (Å²) < 4.78 is 51.1. The maximum absolute atomic E-state index is 13.5. The number of anilines is 1. The van der Waals surface area contributed by atoms with Crippen LogP contribution in [0.25, 0.3) is 0 Å². The van der Waals surface area contributed by atoms with Gasteiger partial charge in [-0.1, -0.05) is 23.2 Å². The quantitative estimate of drug-likeness (QED) is 0.483. The van der Waals surface area contributed by atoms with Gasteiger partial charge in [-0.15, -0.1) is 12.4 Å². The highest BCUT2D eigenvalue weighted by molar-refractivity contribution is 6.30. The first kappa shape index (κ1) is 26.4. The van der Waals surface area contributed by atoms with Crippen LogP contribution in [0.3, 0.4) is 0 Å². The van der Waals surface area contributed by atoms with Gasteiger partial charge in [0, 0.05) is 28.8 Å². The van der Waals surface area contributed by atoms with Crippen LogP contribution in [0.2, 0.25) is 10.0 Å². The third-order valence-electron chi connectivity index (χ3n) is 4.71. The van der Waals surface area contributed by atoms with Gasteiger partial charge in [-0.05, 0) is 67.9 Å². The molecule has 1 aliphatic heterocycles. The Hall–Kier alpha value is -1.87. The number of carbonyl (C=O) groups excluding carboxylic acids is 1. The van der Waals surface area contributed by atoms with Crippen molar-refractivity contribution in [2.75, 3.05) is 25.0 Å². The largest absolute Gasteiger partial charge is 0.489 e. The number of hydrogen-bond acceptors (Lipinski definition) is 4. The number of alkyl halides is 3. The molecule has 3 rings (SSSR count). The van der Waals surface area contributed by atoms with Gasteiger partial charge in [0.1, 0.15) is 11.9 Å². The summed E-state index contributed by atoms with van der Waals surface area (Å²) in [4.78, 5) is 13.6. The monoisotopic (exact) mass is 512 g/mol. The number of halogens is 6. The Labute approximate surface area is 200 Å². The third kappa shape index (κ3) is 8.24. The molecule has 0 saturated carbocycles. The average molecular weight is 514 g/mol. The van der Waals surface area contributed by atoms with E-state index in [4.69, 9.17) is 32.7 Å². The van der Waals surface area contributed by atoms with Gasteiger partial charge in [0.05, 0.1) is 0 Å². The Morgan fingerprint density at radius 3 is 2.28 bits per heavy atom. The molecular formula is C21H22Cl3F3N2O3. The molecule has 11 heteroatoms. The highest BCUT2D eigenvalue weighted by atomic mass is 35.5. The highest BCUT2D eigenvalue weighted by Gasteiger charge is 2.44. The molecule has 0 bridgehead atoms. The van der Waals surface area contributed by atoms with E-state index >= 15 is 0 Å². The molecule has 0 unspecified atom stereocenters. The Kier molecular flexibility index (Phi) is 9.76. The number of benzene rings is 2. The van der Waals surface area contributed by atoms with Crippen LogP contribution in [0, 0.1) is 0 Å². The fourth-order valence-corrected chi connectivity index (χ4v) is 3.48. The number of ether oxygens (including phenoxy) is 2. The van der Waals surface area contributed by atoms with E-state index in [0.717, 1.165) is 0 Å². The lowest BCUT2D eigenvalue weighted by Crippen LogP contribution is -2.49. The van der Waals surface area contributed by atoms with Gasteiger partial charge in [0.25, 0.3) is 0 Å². The van der Waals surface area contributed by atoms with E-state index in [1.54, 1.807) is 29.2 Å². The molecule has 1 aliphatic rings. The minimum absolute atomic E-state index is 0. The van der Waals surface area contributed by atoms with Crippen LogP contribution in [0.1, 0.15) is 12.8 Å². The van der Waals surface area contributed by atoms with Crippen LogP contribution in [0.4, 0.5) is 23.7 Å². The first-order valence-corrected chi connectivity index (χ1v) is 10.4. The van der Waals surface area contributed by atoms with E-state index in [1.165, 1.54) is 24.3 Å². The van der Waals surface area contributed by atoms with Gasteiger partial charge >= 0.3 is 12.3 Å². The minimum atomic E-state index is -4.71. The predicted molar refractivity (Wildman–Crippen MR) is 120 cm³/mol. The lowest BCUT2D eigenvalue weighted by Gasteiger charge is -2.35. The summed E-state index contributed by atoms with van der Waals surface area (Å²) in [7, 11) is 0. The van der Waals surface area contributed by atoms with Crippen molar-refractivity contribution in [3.63, 3.8) is 0 Å². The number of rotatable bonds is 6. The lowest BCUT2D eigenvalue weighted by atomic mass is 10.1. The molecule has 1 saturated heterocycles. The SMILES string of the molecule is Cl.O=C(Nc1ccc(Cl)cc1)O[C@@H](CN1CCC[C@H](Oc2ccc(Cl)cc2)C1)C(F)(F)F. The fraction of sp³-hybridized carbons (Fsp3) is 0.381. The van der Waals surface area contributed by atoms with E-state index < -0.39 is 24.9 Å². The number of likely N-dealkylation sites (tertiary alicyclic amines) is 1. The van der Waals surface area contributed by atoms with E-state index in [-0.39, 0.29) is 30.7 Å². The first-order chi connectivity index (χ1) is 14.7. The summed E-state index contributed by atoms with van der Waals surface area (Å²) in [5.74, 6) is 0.599. The summed E-state index contributed by atoms with van der Waals surface area (Å²) in [5.41, 5.74) is 0.282. The first-order valence-electron chi connectivity index (χ1n) is 9.63. The summed E-state index contributed by atoms with van der Waals surface area (Å²) >= 11 is 11.6. The molecule has 2 aromatic carbocycles. The van der Waals surface area contributed by atoms with Gasteiger partial charge in [-0.25, -0.2) is 4.79 Å². The van der Waals surface area contributed by atoms with Crippen molar-refractivity contribution in [3.8, 4) is 5.75 Å². The molecule has 1 heterocycles. The molecule has 0 radical (unpaired) electrons. The molecule has 0 aliphatic carbocycles. The maximum Gasteiger partial charge on any atom is 0.426 e. The Balaban J connectivity index is 0.00000363. The molecule has 1 fully saturated rings. The standard InChI is InChI=1S/C21H21Cl2F3N2O3.ClH/c22-14-3-7-16(8-4-14)27-20(29)31-19(21(24,25)26)13-28-11-1-2-18(12-28)30-17-9-5-15(23)6-10-17;/h3-10,18-19H,1-2,11-13H2,(H,27,29);1H/t18-,19-;/m0./s1. The van der Waals surface area contributed by atoms with E-state index in [9.17, 15) is 18.0 Å². The molecule has 2 atom stereocenters. The molecule has 0 aromatic heterocycles. The molecular weight excluding hydrogens is 492 g/mol. The number of piperidine rings is 1. The van der Waals surface area contributed by atoms with Crippen LogP contribution >= 0.6 is 35.6 Å². The summed E-state index contributed by atoms with van der Waals surface area (Å²) in [6.45, 7) is 0.268. The van der Waals surface area contributed by atoms with Gasteiger partial charge in [0.2, 0.25) is 6.10 Å². The van der Waals surface area contributed by atoms with Crippen LogP contribution < -0.4 is 10.1 Å². The Morgan fingerprint density at radius 2 is 1.69 bits per heavy atom. The maximum atomic E-state index is 13.5. The van der Waals surface area contributed by atoms with Crippen molar-refractivity contribution in [1.29, 1.82) is 0 Å². The van der Waals surface area contributed by atoms with Crippen molar-refractivity contribution in [2.24, 2.45) is 0 Å². The van der Waals surface area contributed by atoms with Crippen molar-refractivity contribution in [2.45, 2.75) is 31.2 Å². The second-order valence-corrected chi connectivity index (χ2v) is 8.04. The zero-order chi connectivity index (χ0) is 22.4. The number of nitrogens with one attached hydrogen (secondary N) is 1. The van der Waals surface area contributed by atoms with Crippen LogP contribution in [-0.2, 0) is 4.74 Å². The Morgan fingerprint density at radius 1 is 1.09 bits per heavy atom. The molecule has 176 valence electrons. The molecule has 2 aromatic rings. The van der Waals surface area contributed by atoms with Gasteiger partial charge in [-0.2, -0.15) is 13.2 Å².